The minimum Gasteiger partial charge on any atom is -0.508 e. The zero-order chi connectivity index (χ0) is 19.7. The molecular formula is C19H18F3N3O2S. The molecule has 1 fully saturated rings. The molecule has 0 atom stereocenters. The van der Waals surface area contributed by atoms with E-state index in [0.29, 0.717) is 0 Å². The molecule has 0 aliphatic carbocycles. The normalized spacial score (nSPS) is 15.8. The zero-order valence-electron chi connectivity index (χ0n) is 14.7. The van der Waals surface area contributed by atoms with Crippen molar-refractivity contribution >= 4 is 32.4 Å². The number of alkyl halides is 3. The highest BCUT2D eigenvalue weighted by Crippen LogP contribution is 2.33. The van der Waals surface area contributed by atoms with Crippen LogP contribution in [0.5, 0.6) is 11.5 Å². The third kappa shape index (κ3) is 4.41. The Hall–Kier alpha value is -2.68. The van der Waals surface area contributed by atoms with Crippen LogP contribution in [-0.4, -0.2) is 35.6 Å². The highest BCUT2D eigenvalue weighted by Gasteiger charge is 2.31. The molecule has 28 heavy (non-hydrogen) atoms. The Labute approximate surface area is 163 Å². The number of benzene rings is 2. The minimum atomic E-state index is -4.68. The molecule has 1 aromatic heterocycles. The van der Waals surface area contributed by atoms with Gasteiger partial charge in [0.05, 0.1) is 10.2 Å². The summed E-state index contributed by atoms with van der Waals surface area (Å²) in [6.07, 6.45) is -2.90. The van der Waals surface area contributed by atoms with Gasteiger partial charge in [-0.25, -0.2) is 4.98 Å². The van der Waals surface area contributed by atoms with Crippen molar-refractivity contribution in [3.63, 3.8) is 0 Å². The zero-order valence-corrected chi connectivity index (χ0v) is 15.6. The second-order valence-electron chi connectivity index (χ2n) is 6.63. The van der Waals surface area contributed by atoms with Crippen LogP contribution in [0.1, 0.15) is 12.8 Å². The fourth-order valence-electron chi connectivity index (χ4n) is 3.24. The first-order valence-electron chi connectivity index (χ1n) is 8.82. The van der Waals surface area contributed by atoms with Gasteiger partial charge in [-0.2, -0.15) is 0 Å². The van der Waals surface area contributed by atoms with E-state index >= 15 is 0 Å². The number of halogens is 3. The molecule has 0 radical (unpaired) electrons. The van der Waals surface area contributed by atoms with Crippen LogP contribution in [0, 0.1) is 0 Å². The summed E-state index contributed by atoms with van der Waals surface area (Å²) in [5.41, 5.74) is 1.64. The van der Waals surface area contributed by atoms with E-state index in [1.807, 2.05) is 6.07 Å². The van der Waals surface area contributed by atoms with Gasteiger partial charge in [0.1, 0.15) is 11.5 Å². The second kappa shape index (κ2) is 7.38. The monoisotopic (exact) mass is 409 g/mol. The van der Waals surface area contributed by atoms with Gasteiger partial charge < -0.3 is 20.1 Å². The van der Waals surface area contributed by atoms with E-state index in [0.717, 1.165) is 47.0 Å². The van der Waals surface area contributed by atoms with Crippen molar-refractivity contribution in [1.29, 1.82) is 0 Å². The first kappa shape index (κ1) is 18.7. The summed E-state index contributed by atoms with van der Waals surface area (Å²) >= 11 is 1.56. The van der Waals surface area contributed by atoms with Gasteiger partial charge in [-0.15, -0.1) is 13.2 Å². The SMILES string of the molecule is Oc1ccc2nc(N3CCC(Nc4ccc(OC(F)(F)F)cc4)CC3)sc2c1. The number of hydrogen-bond donors (Lipinski definition) is 2. The van der Waals surface area contributed by atoms with Gasteiger partial charge in [-0.1, -0.05) is 11.3 Å². The standard InChI is InChI=1S/C19H18F3N3O2S/c20-19(21,22)27-15-4-1-12(2-5-15)23-13-7-9-25(10-8-13)18-24-16-6-3-14(26)11-17(16)28-18/h1-6,11,13,23,26H,7-10H2. The van der Waals surface area contributed by atoms with E-state index in [1.54, 1.807) is 35.6 Å². The molecule has 1 aliphatic rings. The fourth-order valence-corrected chi connectivity index (χ4v) is 4.29. The van der Waals surface area contributed by atoms with Crippen molar-refractivity contribution in [2.45, 2.75) is 25.2 Å². The number of ether oxygens (including phenoxy) is 1. The molecule has 0 spiro atoms. The Bertz CT molecular complexity index is 951. The predicted molar refractivity (Wildman–Crippen MR) is 103 cm³/mol. The van der Waals surface area contributed by atoms with E-state index in [9.17, 15) is 18.3 Å². The molecule has 148 valence electrons. The first-order valence-corrected chi connectivity index (χ1v) is 9.64. The van der Waals surface area contributed by atoms with Gasteiger partial charge in [0, 0.05) is 24.8 Å². The predicted octanol–water partition coefficient (Wildman–Crippen LogP) is 4.98. The number of nitrogens with zero attached hydrogens (tertiary/aromatic N) is 2. The lowest BCUT2D eigenvalue weighted by atomic mass is 10.1. The lowest BCUT2D eigenvalue weighted by Gasteiger charge is -2.32. The van der Waals surface area contributed by atoms with Gasteiger partial charge in [0.25, 0.3) is 0 Å². The second-order valence-corrected chi connectivity index (χ2v) is 7.64. The molecule has 0 amide bonds. The summed E-state index contributed by atoms with van der Waals surface area (Å²) in [6.45, 7) is 1.66. The number of fused-ring (bicyclic) bond motifs is 1. The van der Waals surface area contributed by atoms with Crippen molar-refractivity contribution in [1.82, 2.24) is 4.98 Å². The Balaban J connectivity index is 1.33. The molecule has 5 nitrogen and oxygen atoms in total. The smallest absolute Gasteiger partial charge is 0.508 e. The van der Waals surface area contributed by atoms with Crippen LogP contribution >= 0.6 is 11.3 Å². The summed E-state index contributed by atoms with van der Waals surface area (Å²) in [5.74, 6) is 0.00648. The van der Waals surface area contributed by atoms with E-state index in [-0.39, 0.29) is 17.5 Å². The number of nitrogens with one attached hydrogen (secondary N) is 1. The average Bonchev–Trinajstić information content (AvgIpc) is 3.06. The number of hydrogen-bond acceptors (Lipinski definition) is 6. The number of aromatic hydroxyl groups is 1. The number of phenols is 1. The Kier molecular flexibility index (Phi) is 4.92. The molecule has 2 aromatic carbocycles. The molecule has 3 aromatic rings. The summed E-state index contributed by atoms with van der Waals surface area (Å²) in [6, 6.07) is 11.2. The first-order chi connectivity index (χ1) is 13.4. The highest BCUT2D eigenvalue weighted by molar-refractivity contribution is 7.22. The molecule has 0 bridgehead atoms. The van der Waals surface area contributed by atoms with E-state index in [4.69, 9.17) is 0 Å². The fraction of sp³-hybridized carbons (Fsp3) is 0.316. The highest BCUT2D eigenvalue weighted by atomic mass is 32.1. The van der Waals surface area contributed by atoms with Crippen molar-refractivity contribution < 1.29 is 23.0 Å². The molecule has 0 saturated carbocycles. The van der Waals surface area contributed by atoms with Gasteiger partial charge in [0.2, 0.25) is 0 Å². The van der Waals surface area contributed by atoms with Crippen LogP contribution in [0.4, 0.5) is 24.0 Å². The van der Waals surface area contributed by atoms with Crippen molar-refractivity contribution in [2.75, 3.05) is 23.3 Å². The van der Waals surface area contributed by atoms with Crippen LogP contribution in [0.2, 0.25) is 0 Å². The summed E-state index contributed by atoms with van der Waals surface area (Å²) in [7, 11) is 0. The van der Waals surface area contributed by atoms with Crippen molar-refractivity contribution in [3.05, 3.63) is 42.5 Å². The number of piperidine rings is 1. The van der Waals surface area contributed by atoms with Crippen LogP contribution in [-0.2, 0) is 0 Å². The van der Waals surface area contributed by atoms with Gasteiger partial charge in [-0.3, -0.25) is 0 Å². The maximum Gasteiger partial charge on any atom is 0.573 e. The Morgan fingerprint density at radius 3 is 2.50 bits per heavy atom. The van der Waals surface area contributed by atoms with Crippen molar-refractivity contribution in [3.8, 4) is 11.5 Å². The van der Waals surface area contributed by atoms with E-state index in [1.165, 1.54) is 12.1 Å². The largest absolute Gasteiger partial charge is 0.573 e. The quantitative estimate of drug-likeness (QED) is 0.636. The lowest BCUT2D eigenvalue weighted by Crippen LogP contribution is -2.39. The number of anilines is 2. The van der Waals surface area contributed by atoms with Crippen molar-refractivity contribution in [2.24, 2.45) is 0 Å². The third-order valence-electron chi connectivity index (χ3n) is 4.58. The molecule has 0 unspecified atom stereocenters. The number of thiazole rings is 1. The van der Waals surface area contributed by atoms with Crippen LogP contribution in [0.15, 0.2) is 42.5 Å². The molecule has 9 heteroatoms. The maximum atomic E-state index is 12.2. The Morgan fingerprint density at radius 1 is 1.11 bits per heavy atom. The summed E-state index contributed by atoms with van der Waals surface area (Å²) in [4.78, 5) is 6.85. The molecule has 1 saturated heterocycles. The molecular weight excluding hydrogens is 391 g/mol. The van der Waals surface area contributed by atoms with Gasteiger partial charge in [0.15, 0.2) is 5.13 Å². The topological polar surface area (TPSA) is 57.6 Å². The maximum absolute atomic E-state index is 12.2. The molecule has 2 heterocycles. The van der Waals surface area contributed by atoms with E-state index in [2.05, 4.69) is 19.9 Å². The van der Waals surface area contributed by atoms with Gasteiger partial charge in [-0.05, 0) is 55.3 Å². The molecule has 4 rings (SSSR count). The van der Waals surface area contributed by atoms with Crippen LogP contribution < -0.4 is 15.0 Å². The molecule has 1 aliphatic heterocycles. The third-order valence-corrected chi connectivity index (χ3v) is 5.66. The van der Waals surface area contributed by atoms with E-state index < -0.39 is 6.36 Å². The summed E-state index contributed by atoms with van der Waals surface area (Å²) in [5, 5.41) is 13.9. The molecule has 2 N–H and O–H groups in total. The van der Waals surface area contributed by atoms with Gasteiger partial charge >= 0.3 is 6.36 Å². The van der Waals surface area contributed by atoms with Crippen LogP contribution in [0.3, 0.4) is 0 Å². The number of rotatable bonds is 4. The average molecular weight is 409 g/mol. The summed E-state index contributed by atoms with van der Waals surface area (Å²) < 4.78 is 41.5. The number of aromatic nitrogens is 1. The van der Waals surface area contributed by atoms with Crippen LogP contribution in [0.25, 0.3) is 10.2 Å². The minimum absolute atomic E-state index is 0.227. The lowest BCUT2D eigenvalue weighted by molar-refractivity contribution is -0.274. The number of phenolic OH excluding ortho intramolecular Hbond substituents is 1. The Morgan fingerprint density at radius 2 is 1.82 bits per heavy atom.